The zero-order valence-corrected chi connectivity index (χ0v) is 15.1. The van der Waals surface area contributed by atoms with Crippen molar-refractivity contribution in [3.8, 4) is 0 Å². The first-order valence-corrected chi connectivity index (χ1v) is 9.06. The predicted molar refractivity (Wildman–Crippen MR) is 94.8 cm³/mol. The molecule has 24 heavy (non-hydrogen) atoms. The van der Waals surface area contributed by atoms with E-state index >= 15 is 0 Å². The number of carbonyl (C=O) groups excluding carboxylic acids is 1. The third kappa shape index (κ3) is 3.53. The molecular weight excluding hydrogens is 302 g/mol. The molecule has 0 aliphatic carbocycles. The van der Waals surface area contributed by atoms with Crippen LogP contribution in [0.5, 0.6) is 0 Å². The van der Waals surface area contributed by atoms with Crippen LogP contribution in [-0.2, 0) is 4.79 Å². The second-order valence-corrected chi connectivity index (χ2v) is 7.29. The number of rotatable bonds is 4. The average Bonchev–Trinajstić information content (AvgIpc) is 3.06. The molecule has 0 radical (unpaired) electrons. The van der Waals surface area contributed by atoms with Crippen LogP contribution in [0.3, 0.4) is 0 Å². The van der Waals surface area contributed by atoms with E-state index in [0.29, 0.717) is 17.9 Å². The number of piperidine rings is 1. The van der Waals surface area contributed by atoms with Crippen molar-refractivity contribution >= 4 is 11.7 Å². The molecule has 1 amide bonds. The minimum absolute atomic E-state index is 0.0826. The molecule has 3 heterocycles. The number of likely N-dealkylation sites (tertiary alicyclic amines) is 1. The second kappa shape index (κ2) is 7.47. The lowest BCUT2D eigenvalue weighted by Crippen LogP contribution is -2.45. The van der Waals surface area contributed by atoms with Gasteiger partial charge in [0.2, 0.25) is 5.91 Å². The molecule has 2 saturated heterocycles. The van der Waals surface area contributed by atoms with Gasteiger partial charge < -0.3 is 14.7 Å². The van der Waals surface area contributed by atoms with Gasteiger partial charge in [0.25, 0.3) is 0 Å². The number of anilines is 1. The van der Waals surface area contributed by atoms with Crippen LogP contribution in [0.4, 0.5) is 5.82 Å². The first-order valence-electron chi connectivity index (χ1n) is 9.06. The Bertz CT molecular complexity index is 550. The summed E-state index contributed by atoms with van der Waals surface area (Å²) in [6, 6.07) is 0.485. The van der Waals surface area contributed by atoms with Gasteiger partial charge in [0.1, 0.15) is 5.82 Å². The molecule has 1 aromatic rings. The Kier molecular flexibility index (Phi) is 5.33. The molecule has 0 aromatic carbocycles. The summed E-state index contributed by atoms with van der Waals surface area (Å²) >= 11 is 0. The van der Waals surface area contributed by atoms with Gasteiger partial charge in [-0.1, -0.05) is 13.3 Å². The highest BCUT2D eigenvalue weighted by atomic mass is 16.2. The molecule has 2 fully saturated rings. The number of nitrogens with zero attached hydrogens (tertiary/aromatic N) is 5. The molecule has 6 nitrogen and oxygen atoms in total. The lowest BCUT2D eigenvalue weighted by molar-refractivity contribution is -0.135. The van der Waals surface area contributed by atoms with Gasteiger partial charge in [-0.25, -0.2) is 4.98 Å². The van der Waals surface area contributed by atoms with Crippen molar-refractivity contribution in [1.82, 2.24) is 19.8 Å². The van der Waals surface area contributed by atoms with Gasteiger partial charge in [0, 0.05) is 44.6 Å². The third-order valence-electron chi connectivity index (χ3n) is 5.55. The second-order valence-electron chi connectivity index (χ2n) is 7.29. The molecule has 1 aromatic heterocycles. The summed E-state index contributed by atoms with van der Waals surface area (Å²) < 4.78 is 0. The van der Waals surface area contributed by atoms with Crippen LogP contribution in [0.2, 0.25) is 0 Å². The summed E-state index contributed by atoms with van der Waals surface area (Å²) in [5, 5.41) is 0. The molecule has 0 saturated carbocycles. The monoisotopic (exact) mass is 331 g/mol. The van der Waals surface area contributed by atoms with Crippen LogP contribution in [0.15, 0.2) is 18.6 Å². The van der Waals surface area contributed by atoms with Crippen LogP contribution < -0.4 is 4.90 Å². The van der Waals surface area contributed by atoms with Crippen LogP contribution in [-0.4, -0.2) is 72.0 Å². The van der Waals surface area contributed by atoms with Crippen molar-refractivity contribution in [1.29, 1.82) is 0 Å². The van der Waals surface area contributed by atoms with Crippen molar-refractivity contribution in [2.24, 2.45) is 11.8 Å². The van der Waals surface area contributed by atoms with Crippen molar-refractivity contribution < 1.29 is 4.79 Å². The Hall–Kier alpha value is -1.69. The summed E-state index contributed by atoms with van der Waals surface area (Å²) in [4.78, 5) is 28.2. The highest BCUT2D eigenvalue weighted by Crippen LogP contribution is 2.28. The summed E-state index contributed by atoms with van der Waals surface area (Å²) in [7, 11) is 4.25. The molecule has 132 valence electrons. The minimum atomic E-state index is 0.0826. The number of hydrogen-bond donors (Lipinski definition) is 0. The van der Waals surface area contributed by atoms with Crippen LogP contribution >= 0.6 is 0 Å². The smallest absolute Gasteiger partial charge is 0.227 e. The first-order chi connectivity index (χ1) is 11.6. The zero-order valence-electron chi connectivity index (χ0n) is 15.1. The lowest BCUT2D eigenvalue weighted by Gasteiger charge is -2.34. The van der Waals surface area contributed by atoms with E-state index < -0.39 is 0 Å². The van der Waals surface area contributed by atoms with Crippen LogP contribution in [0.25, 0.3) is 0 Å². The molecule has 0 bridgehead atoms. The van der Waals surface area contributed by atoms with Gasteiger partial charge in [0.05, 0.1) is 12.1 Å². The van der Waals surface area contributed by atoms with Crippen molar-refractivity contribution in [3.05, 3.63) is 18.6 Å². The predicted octanol–water partition coefficient (Wildman–Crippen LogP) is 1.49. The maximum Gasteiger partial charge on any atom is 0.227 e. The Labute approximate surface area is 144 Å². The Morgan fingerprint density at radius 1 is 1.29 bits per heavy atom. The number of aromatic nitrogens is 2. The molecule has 0 spiro atoms. The molecule has 6 heteroatoms. The quantitative estimate of drug-likeness (QED) is 0.837. The SMILES string of the molecule is CC[C@@H]1CN(C(=O)[C@@H]2CCCN(c3cnccn3)C2)C[C@H]1N(C)C. The number of hydrogen-bond acceptors (Lipinski definition) is 5. The van der Waals surface area contributed by atoms with Crippen molar-refractivity contribution in [2.45, 2.75) is 32.2 Å². The van der Waals surface area contributed by atoms with E-state index in [1.54, 1.807) is 18.6 Å². The summed E-state index contributed by atoms with van der Waals surface area (Å²) in [6.07, 6.45) is 8.34. The molecular formula is C18H29N5O. The zero-order chi connectivity index (χ0) is 17.1. The Morgan fingerprint density at radius 2 is 2.12 bits per heavy atom. The minimum Gasteiger partial charge on any atom is -0.355 e. The van der Waals surface area contributed by atoms with Gasteiger partial charge in [0.15, 0.2) is 0 Å². The van der Waals surface area contributed by atoms with E-state index in [1.807, 2.05) is 0 Å². The maximum atomic E-state index is 13.1. The average molecular weight is 331 g/mol. The first kappa shape index (κ1) is 17.1. The molecule has 0 unspecified atom stereocenters. The van der Waals surface area contributed by atoms with Gasteiger partial charge in [-0.15, -0.1) is 0 Å². The highest BCUT2D eigenvalue weighted by molar-refractivity contribution is 5.80. The van der Waals surface area contributed by atoms with Crippen LogP contribution in [0, 0.1) is 11.8 Å². The summed E-state index contributed by atoms with van der Waals surface area (Å²) in [6.45, 7) is 5.72. The number of likely N-dealkylation sites (N-methyl/N-ethyl adjacent to an activating group) is 1. The van der Waals surface area contributed by atoms with E-state index in [9.17, 15) is 4.79 Å². The topological polar surface area (TPSA) is 52.6 Å². The fourth-order valence-corrected chi connectivity index (χ4v) is 4.12. The molecule has 3 atom stereocenters. The largest absolute Gasteiger partial charge is 0.355 e. The number of carbonyl (C=O) groups is 1. The molecule has 3 rings (SSSR count). The molecule has 2 aliphatic heterocycles. The van der Waals surface area contributed by atoms with Gasteiger partial charge in [-0.3, -0.25) is 9.78 Å². The van der Waals surface area contributed by atoms with Gasteiger partial charge in [-0.05, 0) is 32.9 Å². The van der Waals surface area contributed by atoms with E-state index in [2.05, 4.69) is 45.7 Å². The normalized spacial score (nSPS) is 27.8. The van der Waals surface area contributed by atoms with E-state index in [4.69, 9.17) is 0 Å². The lowest BCUT2D eigenvalue weighted by atomic mass is 9.96. The van der Waals surface area contributed by atoms with E-state index in [0.717, 1.165) is 51.3 Å². The Balaban J connectivity index is 1.65. The van der Waals surface area contributed by atoms with Crippen molar-refractivity contribution in [2.75, 3.05) is 45.2 Å². The molecule has 0 N–H and O–H groups in total. The summed E-state index contributed by atoms with van der Waals surface area (Å²) in [5.41, 5.74) is 0. The maximum absolute atomic E-state index is 13.1. The fourth-order valence-electron chi connectivity index (χ4n) is 4.12. The number of amides is 1. The standard InChI is InChI=1S/C18H29N5O/c1-4-14-11-23(13-16(14)21(2)3)18(24)15-6-5-9-22(12-15)17-10-19-7-8-20-17/h7-8,10,14-16H,4-6,9,11-13H2,1-3H3/t14-,15-,16-/m1/s1. The van der Waals surface area contributed by atoms with Gasteiger partial charge >= 0.3 is 0 Å². The fraction of sp³-hybridized carbons (Fsp3) is 0.722. The highest BCUT2D eigenvalue weighted by Gasteiger charge is 2.38. The van der Waals surface area contributed by atoms with E-state index in [-0.39, 0.29) is 5.92 Å². The summed E-state index contributed by atoms with van der Waals surface area (Å²) in [5.74, 6) is 1.88. The molecule has 2 aliphatic rings. The van der Waals surface area contributed by atoms with Crippen LogP contribution in [0.1, 0.15) is 26.2 Å². The third-order valence-corrected chi connectivity index (χ3v) is 5.55. The van der Waals surface area contributed by atoms with Gasteiger partial charge in [-0.2, -0.15) is 0 Å². The van der Waals surface area contributed by atoms with Crippen molar-refractivity contribution in [3.63, 3.8) is 0 Å². The van der Waals surface area contributed by atoms with E-state index in [1.165, 1.54) is 0 Å². The Morgan fingerprint density at radius 3 is 2.75 bits per heavy atom.